The Hall–Kier alpha value is -1.62. The van der Waals surface area contributed by atoms with Gasteiger partial charge in [-0.2, -0.15) is 0 Å². The minimum absolute atomic E-state index is 0.00759. The number of aliphatic hydroxyl groups is 1. The van der Waals surface area contributed by atoms with Crippen molar-refractivity contribution in [3.63, 3.8) is 0 Å². The number of nitrogens with zero attached hydrogens (tertiary/aromatic N) is 2. The van der Waals surface area contributed by atoms with Gasteiger partial charge in [0.15, 0.2) is 6.61 Å². The minimum Gasteiger partial charge on any atom is -0.482 e. The summed E-state index contributed by atoms with van der Waals surface area (Å²) in [5.41, 5.74) is 0.586. The Kier molecular flexibility index (Phi) is 5.99. The molecule has 1 aromatic rings. The van der Waals surface area contributed by atoms with Crippen LogP contribution in [-0.2, 0) is 11.4 Å². The average Bonchev–Trinajstić information content (AvgIpc) is 2.54. The Morgan fingerprint density at radius 2 is 2.14 bits per heavy atom. The molecule has 116 valence electrons. The third-order valence-corrected chi connectivity index (χ3v) is 4.00. The molecule has 1 N–H and O–H groups in total. The van der Waals surface area contributed by atoms with Crippen LogP contribution in [-0.4, -0.2) is 41.1 Å². The number of aliphatic hydroxyl groups excluding tert-OH is 1. The number of likely N-dealkylation sites (N-methyl/N-ethyl adjacent to an activating group) is 1. The molecule has 5 heteroatoms. The van der Waals surface area contributed by atoms with Crippen molar-refractivity contribution in [2.75, 3.05) is 20.2 Å². The second-order valence-electron chi connectivity index (χ2n) is 5.71. The van der Waals surface area contributed by atoms with E-state index in [1.54, 1.807) is 17.0 Å². The van der Waals surface area contributed by atoms with E-state index in [0.29, 0.717) is 17.4 Å². The summed E-state index contributed by atoms with van der Waals surface area (Å²) in [6.45, 7) is 0.761. The van der Waals surface area contributed by atoms with E-state index in [1.807, 2.05) is 7.05 Å². The zero-order valence-corrected chi connectivity index (χ0v) is 12.6. The SMILES string of the molecule is CN(CC1CCCCC1)C(=O)COc1ccc(CO)nc1. The molecule has 0 saturated heterocycles. The van der Waals surface area contributed by atoms with Crippen LogP contribution in [0.15, 0.2) is 18.3 Å². The van der Waals surface area contributed by atoms with E-state index < -0.39 is 0 Å². The van der Waals surface area contributed by atoms with Crippen LogP contribution in [0.4, 0.5) is 0 Å². The number of amides is 1. The largest absolute Gasteiger partial charge is 0.482 e. The summed E-state index contributed by atoms with van der Waals surface area (Å²) in [4.78, 5) is 17.8. The first-order valence-electron chi connectivity index (χ1n) is 7.61. The number of aromatic nitrogens is 1. The maximum absolute atomic E-state index is 12.1. The van der Waals surface area contributed by atoms with E-state index in [-0.39, 0.29) is 19.1 Å². The fraction of sp³-hybridized carbons (Fsp3) is 0.625. The van der Waals surface area contributed by atoms with Crippen LogP contribution in [0.1, 0.15) is 37.8 Å². The lowest BCUT2D eigenvalue weighted by molar-refractivity contribution is -0.132. The summed E-state index contributed by atoms with van der Waals surface area (Å²) in [7, 11) is 1.84. The van der Waals surface area contributed by atoms with Crippen LogP contribution in [0.25, 0.3) is 0 Å². The monoisotopic (exact) mass is 292 g/mol. The first-order valence-corrected chi connectivity index (χ1v) is 7.61. The number of carbonyl (C=O) groups excluding carboxylic acids is 1. The number of hydrogen-bond donors (Lipinski definition) is 1. The molecule has 0 bridgehead atoms. The molecule has 1 amide bonds. The lowest BCUT2D eigenvalue weighted by atomic mass is 9.89. The van der Waals surface area contributed by atoms with Crippen molar-refractivity contribution in [1.82, 2.24) is 9.88 Å². The van der Waals surface area contributed by atoms with Crippen LogP contribution in [0, 0.1) is 5.92 Å². The topological polar surface area (TPSA) is 62.7 Å². The van der Waals surface area contributed by atoms with Crippen molar-refractivity contribution in [3.8, 4) is 5.75 Å². The van der Waals surface area contributed by atoms with Crippen molar-refractivity contribution >= 4 is 5.91 Å². The van der Waals surface area contributed by atoms with Gasteiger partial charge in [-0.25, -0.2) is 0 Å². The molecule has 1 aliphatic rings. The van der Waals surface area contributed by atoms with Gasteiger partial charge in [-0.1, -0.05) is 19.3 Å². The molecule has 1 fully saturated rings. The molecular weight excluding hydrogens is 268 g/mol. The smallest absolute Gasteiger partial charge is 0.260 e. The summed E-state index contributed by atoms with van der Waals surface area (Å²) in [5, 5.41) is 8.91. The normalized spacial score (nSPS) is 15.7. The lowest BCUT2D eigenvalue weighted by Crippen LogP contribution is -2.35. The van der Waals surface area contributed by atoms with Gasteiger partial charge in [0.25, 0.3) is 5.91 Å². The standard InChI is InChI=1S/C16H24N2O3/c1-18(10-13-5-3-2-4-6-13)16(20)12-21-15-8-7-14(11-19)17-9-15/h7-9,13,19H,2-6,10-12H2,1H3. The minimum atomic E-state index is -0.0939. The van der Waals surface area contributed by atoms with Gasteiger partial charge in [-0.05, 0) is 30.9 Å². The number of ether oxygens (including phenoxy) is 1. The van der Waals surface area contributed by atoms with Crippen LogP contribution < -0.4 is 4.74 Å². The van der Waals surface area contributed by atoms with Gasteiger partial charge < -0.3 is 14.7 Å². The Morgan fingerprint density at radius 3 is 2.76 bits per heavy atom. The van der Waals surface area contributed by atoms with E-state index in [4.69, 9.17) is 9.84 Å². The van der Waals surface area contributed by atoms with Gasteiger partial charge in [0.2, 0.25) is 0 Å². The van der Waals surface area contributed by atoms with Crippen molar-refractivity contribution < 1.29 is 14.6 Å². The van der Waals surface area contributed by atoms with Crippen LogP contribution in [0.3, 0.4) is 0 Å². The maximum Gasteiger partial charge on any atom is 0.260 e. The van der Waals surface area contributed by atoms with E-state index in [0.717, 1.165) is 6.54 Å². The van der Waals surface area contributed by atoms with Crippen LogP contribution in [0.2, 0.25) is 0 Å². The maximum atomic E-state index is 12.1. The molecule has 1 aliphatic carbocycles. The third kappa shape index (κ3) is 5.01. The molecule has 0 spiro atoms. The number of rotatable bonds is 6. The van der Waals surface area contributed by atoms with Gasteiger partial charge >= 0.3 is 0 Å². The average molecular weight is 292 g/mol. The Labute approximate surface area is 125 Å². The second kappa shape index (κ2) is 7.98. The summed E-state index contributed by atoms with van der Waals surface area (Å²) >= 11 is 0. The van der Waals surface area contributed by atoms with Crippen molar-refractivity contribution in [2.45, 2.75) is 38.7 Å². The van der Waals surface area contributed by atoms with Gasteiger partial charge in [-0.3, -0.25) is 9.78 Å². The van der Waals surface area contributed by atoms with Gasteiger partial charge in [-0.15, -0.1) is 0 Å². The zero-order chi connectivity index (χ0) is 15.1. The van der Waals surface area contributed by atoms with E-state index in [2.05, 4.69) is 4.98 Å². The first kappa shape index (κ1) is 15.8. The van der Waals surface area contributed by atoms with E-state index in [9.17, 15) is 4.79 Å². The molecule has 1 saturated carbocycles. The summed E-state index contributed by atoms with van der Waals surface area (Å²) in [6, 6.07) is 3.40. The van der Waals surface area contributed by atoms with Crippen LogP contribution >= 0.6 is 0 Å². The van der Waals surface area contributed by atoms with E-state index in [1.165, 1.54) is 38.3 Å². The predicted octanol–water partition coefficient (Wildman–Crippen LogP) is 1.99. The highest BCUT2D eigenvalue weighted by atomic mass is 16.5. The molecular formula is C16H24N2O3. The predicted molar refractivity (Wildman–Crippen MR) is 79.9 cm³/mol. The first-order chi connectivity index (χ1) is 10.2. The molecule has 2 rings (SSSR count). The number of hydrogen-bond acceptors (Lipinski definition) is 4. The van der Waals surface area contributed by atoms with Gasteiger partial charge in [0.05, 0.1) is 18.5 Å². The highest BCUT2D eigenvalue weighted by Crippen LogP contribution is 2.24. The lowest BCUT2D eigenvalue weighted by Gasteiger charge is -2.27. The highest BCUT2D eigenvalue weighted by Gasteiger charge is 2.18. The van der Waals surface area contributed by atoms with Gasteiger partial charge in [0.1, 0.15) is 5.75 Å². The molecule has 0 unspecified atom stereocenters. The van der Waals surface area contributed by atoms with Crippen molar-refractivity contribution in [3.05, 3.63) is 24.0 Å². The second-order valence-corrected chi connectivity index (χ2v) is 5.71. The molecule has 0 aliphatic heterocycles. The molecule has 0 radical (unpaired) electrons. The van der Waals surface area contributed by atoms with Crippen LogP contribution in [0.5, 0.6) is 5.75 Å². The van der Waals surface area contributed by atoms with Gasteiger partial charge in [0, 0.05) is 13.6 Å². The Bertz CT molecular complexity index is 441. The third-order valence-electron chi connectivity index (χ3n) is 4.00. The number of pyridine rings is 1. The summed E-state index contributed by atoms with van der Waals surface area (Å²) in [5.74, 6) is 1.18. The van der Waals surface area contributed by atoms with E-state index >= 15 is 0 Å². The Morgan fingerprint density at radius 1 is 1.38 bits per heavy atom. The molecule has 0 atom stereocenters. The zero-order valence-electron chi connectivity index (χ0n) is 12.6. The molecule has 1 heterocycles. The fourth-order valence-electron chi connectivity index (χ4n) is 2.70. The summed E-state index contributed by atoms with van der Waals surface area (Å²) in [6.07, 6.45) is 7.88. The molecule has 21 heavy (non-hydrogen) atoms. The quantitative estimate of drug-likeness (QED) is 0.871. The van der Waals surface area contributed by atoms with Crippen molar-refractivity contribution in [1.29, 1.82) is 0 Å². The fourth-order valence-corrected chi connectivity index (χ4v) is 2.70. The molecule has 1 aromatic heterocycles. The van der Waals surface area contributed by atoms with Crippen molar-refractivity contribution in [2.24, 2.45) is 5.92 Å². The Balaban J connectivity index is 1.74. The molecule has 0 aromatic carbocycles. The number of carbonyl (C=O) groups is 1. The summed E-state index contributed by atoms with van der Waals surface area (Å²) < 4.78 is 5.44. The highest BCUT2D eigenvalue weighted by molar-refractivity contribution is 5.77. The molecule has 5 nitrogen and oxygen atoms in total.